The van der Waals surface area contributed by atoms with Crippen molar-refractivity contribution in [2.45, 2.75) is 25.6 Å². The fraction of sp³-hybridized carbons (Fsp3) is 0.208. The number of hydrogen-bond donors (Lipinski definition) is 2. The maximum atomic E-state index is 13.0. The Labute approximate surface area is 172 Å². The molecule has 2 N–H and O–H groups in total. The van der Waals surface area contributed by atoms with E-state index in [1.54, 1.807) is 0 Å². The Hall–Kier alpha value is -2.62. The third-order valence-electron chi connectivity index (χ3n) is 5.08. The van der Waals surface area contributed by atoms with Gasteiger partial charge in [-0.15, -0.1) is 0 Å². The first-order chi connectivity index (χ1) is 13.5. The highest BCUT2D eigenvalue weighted by molar-refractivity contribution is 6.30. The molecule has 1 unspecified atom stereocenters. The Morgan fingerprint density at radius 1 is 0.893 bits per heavy atom. The van der Waals surface area contributed by atoms with Crippen LogP contribution in [0.4, 0.5) is 0 Å². The molecule has 0 aliphatic heterocycles. The third kappa shape index (κ3) is 5.22. The Morgan fingerprint density at radius 2 is 1.39 bits per heavy atom. The molecule has 0 fully saturated rings. The van der Waals surface area contributed by atoms with Crippen molar-refractivity contribution in [2.75, 3.05) is 7.05 Å². The van der Waals surface area contributed by atoms with Gasteiger partial charge in [0.15, 0.2) is 6.04 Å². The van der Waals surface area contributed by atoms with Crippen molar-refractivity contribution in [2.24, 2.45) is 0 Å². The Bertz CT molecular complexity index is 842. The normalized spacial score (nSPS) is 13.1. The third-order valence-corrected chi connectivity index (χ3v) is 5.33. The maximum Gasteiger partial charge on any atom is 0.278 e. The molecule has 4 heteroatoms. The van der Waals surface area contributed by atoms with Crippen molar-refractivity contribution in [3.05, 3.63) is 107 Å². The van der Waals surface area contributed by atoms with Crippen LogP contribution >= 0.6 is 11.6 Å². The molecule has 2 atom stereocenters. The highest BCUT2D eigenvalue weighted by Crippen LogP contribution is 2.21. The van der Waals surface area contributed by atoms with E-state index in [-0.39, 0.29) is 18.0 Å². The molecule has 144 valence electrons. The molecule has 1 amide bonds. The van der Waals surface area contributed by atoms with Crippen molar-refractivity contribution >= 4 is 17.5 Å². The summed E-state index contributed by atoms with van der Waals surface area (Å²) in [6.45, 7) is 2.72. The number of carbonyl (C=O) groups is 1. The molecule has 0 aromatic heterocycles. The summed E-state index contributed by atoms with van der Waals surface area (Å²) in [5.41, 5.74) is 3.30. The van der Waals surface area contributed by atoms with Gasteiger partial charge in [0.1, 0.15) is 6.54 Å². The predicted octanol–water partition coefficient (Wildman–Crippen LogP) is 3.65. The van der Waals surface area contributed by atoms with E-state index in [1.165, 1.54) is 0 Å². The number of quaternary nitrogens is 1. The zero-order valence-electron chi connectivity index (χ0n) is 16.2. The summed E-state index contributed by atoms with van der Waals surface area (Å²) in [4.78, 5) is 14.2. The summed E-state index contributed by atoms with van der Waals surface area (Å²) in [5, 5.41) is 3.97. The lowest BCUT2D eigenvalue weighted by Gasteiger charge is -2.25. The highest BCUT2D eigenvalue weighted by atomic mass is 35.5. The molecule has 3 aromatic carbocycles. The van der Waals surface area contributed by atoms with Crippen LogP contribution in [0.3, 0.4) is 0 Å². The van der Waals surface area contributed by atoms with E-state index >= 15 is 0 Å². The van der Waals surface area contributed by atoms with Gasteiger partial charge >= 0.3 is 0 Å². The summed E-state index contributed by atoms with van der Waals surface area (Å²) in [6.07, 6.45) is 0. The van der Waals surface area contributed by atoms with Gasteiger partial charge in [-0.1, -0.05) is 84.4 Å². The Kier molecular flexibility index (Phi) is 6.85. The van der Waals surface area contributed by atoms with Crippen LogP contribution in [0.15, 0.2) is 84.9 Å². The van der Waals surface area contributed by atoms with Gasteiger partial charge in [-0.25, -0.2) is 0 Å². The molecule has 0 aliphatic rings. The molecule has 0 bridgehead atoms. The number of halogens is 1. The van der Waals surface area contributed by atoms with E-state index in [0.717, 1.165) is 33.2 Å². The minimum absolute atomic E-state index is 0.0316. The van der Waals surface area contributed by atoms with Gasteiger partial charge in [0.25, 0.3) is 5.91 Å². The fourth-order valence-corrected chi connectivity index (χ4v) is 3.34. The quantitative estimate of drug-likeness (QED) is 0.631. The Morgan fingerprint density at radius 3 is 1.89 bits per heavy atom. The SMILES string of the molecule is C[C@@H](C(=O)NC(c1ccccc1)c1ccccc1)[NH+](C)Cc1ccc(Cl)cc1. The van der Waals surface area contributed by atoms with E-state index < -0.39 is 0 Å². The number of carbonyl (C=O) groups excluding carboxylic acids is 1. The largest absolute Gasteiger partial charge is 0.340 e. The molecule has 3 rings (SSSR count). The van der Waals surface area contributed by atoms with Crippen LogP contribution in [0.1, 0.15) is 29.7 Å². The first kappa shape index (κ1) is 20.1. The number of rotatable bonds is 7. The minimum atomic E-state index is -0.189. The second-order valence-electron chi connectivity index (χ2n) is 7.13. The zero-order valence-corrected chi connectivity index (χ0v) is 17.0. The van der Waals surface area contributed by atoms with Gasteiger partial charge in [0.2, 0.25) is 0 Å². The second-order valence-corrected chi connectivity index (χ2v) is 7.57. The van der Waals surface area contributed by atoms with Crippen LogP contribution in [0.5, 0.6) is 0 Å². The molecule has 0 heterocycles. The molecule has 0 saturated heterocycles. The van der Waals surface area contributed by atoms with Gasteiger partial charge in [-0.3, -0.25) is 4.79 Å². The number of likely N-dealkylation sites (N-methyl/N-ethyl adjacent to an activating group) is 1. The summed E-state index contributed by atoms with van der Waals surface area (Å²) in [7, 11) is 2.04. The zero-order chi connectivity index (χ0) is 19.9. The van der Waals surface area contributed by atoms with Crippen LogP contribution in [-0.2, 0) is 11.3 Å². The fourth-order valence-electron chi connectivity index (χ4n) is 3.22. The van der Waals surface area contributed by atoms with Gasteiger partial charge < -0.3 is 10.2 Å². The van der Waals surface area contributed by atoms with Crippen LogP contribution < -0.4 is 10.2 Å². The van der Waals surface area contributed by atoms with Gasteiger partial charge in [0, 0.05) is 10.6 Å². The topological polar surface area (TPSA) is 33.5 Å². The summed E-state index contributed by atoms with van der Waals surface area (Å²) in [5.74, 6) is 0.0316. The number of hydrogen-bond acceptors (Lipinski definition) is 1. The maximum absolute atomic E-state index is 13.0. The van der Waals surface area contributed by atoms with Crippen molar-refractivity contribution in [1.82, 2.24) is 5.32 Å². The van der Waals surface area contributed by atoms with Gasteiger partial charge in [-0.05, 0) is 30.2 Å². The lowest BCUT2D eigenvalue weighted by Crippen LogP contribution is -3.12. The number of amides is 1. The molecular weight excluding hydrogens is 368 g/mol. The first-order valence-electron chi connectivity index (χ1n) is 9.51. The minimum Gasteiger partial charge on any atom is -0.340 e. The highest BCUT2D eigenvalue weighted by Gasteiger charge is 2.25. The van der Waals surface area contributed by atoms with E-state index in [2.05, 4.69) is 5.32 Å². The molecule has 3 aromatic rings. The molecule has 0 spiro atoms. The number of nitrogens with one attached hydrogen (secondary N) is 2. The molecular formula is C24H26ClN2O+. The average Bonchev–Trinajstić information content (AvgIpc) is 2.74. The smallest absolute Gasteiger partial charge is 0.278 e. The average molecular weight is 394 g/mol. The van der Waals surface area contributed by atoms with Gasteiger partial charge in [0.05, 0.1) is 13.1 Å². The molecule has 0 saturated carbocycles. The molecule has 28 heavy (non-hydrogen) atoms. The number of benzene rings is 3. The summed E-state index contributed by atoms with van der Waals surface area (Å²) < 4.78 is 0. The molecule has 0 radical (unpaired) electrons. The summed E-state index contributed by atoms with van der Waals surface area (Å²) in [6, 6.07) is 27.6. The first-order valence-corrected chi connectivity index (χ1v) is 9.89. The summed E-state index contributed by atoms with van der Waals surface area (Å²) >= 11 is 5.96. The van der Waals surface area contributed by atoms with E-state index in [1.807, 2.05) is 98.9 Å². The van der Waals surface area contributed by atoms with Gasteiger partial charge in [-0.2, -0.15) is 0 Å². The van der Waals surface area contributed by atoms with E-state index in [4.69, 9.17) is 11.6 Å². The van der Waals surface area contributed by atoms with Crippen LogP contribution in [0.25, 0.3) is 0 Å². The monoisotopic (exact) mass is 393 g/mol. The lowest BCUT2D eigenvalue weighted by molar-refractivity contribution is -0.908. The second kappa shape index (κ2) is 9.54. The Balaban J connectivity index is 1.73. The predicted molar refractivity (Wildman–Crippen MR) is 114 cm³/mol. The van der Waals surface area contributed by atoms with Crippen LogP contribution in [-0.4, -0.2) is 19.0 Å². The van der Waals surface area contributed by atoms with Crippen molar-refractivity contribution in [3.63, 3.8) is 0 Å². The van der Waals surface area contributed by atoms with Crippen LogP contribution in [0.2, 0.25) is 5.02 Å². The molecule has 3 nitrogen and oxygen atoms in total. The van der Waals surface area contributed by atoms with Crippen molar-refractivity contribution < 1.29 is 9.69 Å². The van der Waals surface area contributed by atoms with E-state index in [9.17, 15) is 4.79 Å². The lowest BCUT2D eigenvalue weighted by atomic mass is 9.98. The van der Waals surface area contributed by atoms with Crippen molar-refractivity contribution in [3.8, 4) is 0 Å². The standard InChI is InChI=1S/C24H25ClN2O/c1-18(27(2)17-19-13-15-22(25)16-14-19)24(28)26-23(20-9-5-3-6-10-20)21-11-7-4-8-12-21/h3-16,18,23H,17H2,1-2H3,(H,26,28)/p+1/t18-/m0/s1. The molecule has 0 aliphatic carbocycles. The van der Waals surface area contributed by atoms with E-state index in [0.29, 0.717) is 0 Å². The van der Waals surface area contributed by atoms with Crippen molar-refractivity contribution in [1.29, 1.82) is 0 Å². The van der Waals surface area contributed by atoms with Crippen LogP contribution in [0, 0.1) is 0 Å².